The second kappa shape index (κ2) is 18.5. The Morgan fingerprint density at radius 1 is 0.569 bits per heavy atom. The van der Waals surface area contributed by atoms with E-state index in [-0.39, 0.29) is 54.5 Å². The van der Waals surface area contributed by atoms with Crippen LogP contribution in [0.15, 0.2) is 218 Å². The summed E-state index contributed by atoms with van der Waals surface area (Å²) in [5.74, 6) is 1.61. The molecule has 1 unspecified atom stereocenters. The van der Waals surface area contributed by atoms with E-state index in [0.717, 1.165) is 55.4 Å². The second-order valence-corrected chi connectivity index (χ2v) is 18.1. The number of aromatic nitrogens is 5. The summed E-state index contributed by atoms with van der Waals surface area (Å²) >= 11 is 0. The summed E-state index contributed by atoms with van der Waals surface area (Å²) in [5.41, 5.74) is 10.1. The van der Waals surface area contributed by atoms with Crippen molar-refractivity contribution in [3.05, 3.63) is 242 Å². The van der Waals surface area contributed by atoms with Crippen molar-refractivity contribution >= 4 is 54.6 Å². The molecule has 0 bridgehead atoms. The van der Waals surface area contributed by atoms with E-state index in [1.54, 1.807) is 22.9 Å². The smallest absolute Gasteiger partial charge is 0.268 e. The van der Waals surface area contributed by atoms with Crippen LogP contribution in [-0.4, -0.2) is 18.7 Å². The van der Waals surface area contributed by atoms with E-state index in [1.165, 1.54) is 0 Å². The van der Waals surface area contributed by atoms with Crippen molar-refractivity contribution in [2.75, 3.05) is 0 Å². The molecule has 0 saturated carbocycles. The van der Waals surface area contributed by atoms with E-state index in [2.05, 4.69) is 98.4 Å². The van der Waals surface area contributed by atoms with E-state index in [1.807, 2.05) is 106 Å². The molecule has 7 heteroatoms. The van der Waals surface area contributed by atoms with Gasteiger partial charge in [0, 0.05) is 55.1 Å². The van der Waals surface area contributed by atoms with E-state index in [9.17, 15) is 5.48 Å². The largest absolute Gasteiger partial charge is 0.510 e. The average Bonchev–Trinajstić information content (AvgIpc) is 4.37. The van der Waals surface area contributed by atoms with Gasteiger partial charge in [-0.3, -0.25) is 4.57 Å². The Balaban J connectivity index is 0.00000637. The monoisotopic (exact) mass is 1120 g/mol. The van der Waals surface area contributed by atoms with Gasteiger partial charge in [0.05, 0.1) is 38.7 Å². The molecular formula is C65H47N5OPt-2. The molecule has 350 valence electrons. The molecule has 0 saturated heterocycles. The molecule has 6 nitrogen and oxygen atoms in total. The predicted molar refractivity (Wildman–Crippen MR) is 288 cm³/mol. The second-order valence-electron chi connectivity index (χ2n) is 18.1. The summed E-state index contributed by atoms with van der Waals surface area (Å²) in [7, 11) is 0. The van der Waals surface area contributed by atoms with E-state index >= 15 is 0 Å². The summed E-state index contributed by atoms with van der Waals surface area (Å²) < 4.78 is 87.4. The van der Waals surface area contributed by atoms with Gasteiger partial charge in [-0.25, -0.2) is 4.98 Å². The van der Waals surface area contributed by atoms with Gasteiger partial charge in [0.15, 0.2) is 0 Å². The van der Waals surface area contributed by atoms with Crippen LogP contribution in [0.4, 0.5) is 0 Å². The quantitative estimate of drug-likeness (QED) is 0.101. The first-order valence-electron chi connectivity index (χ1n) is 27.7. The molecule has 1 atom stereocenters. The summed E-state index contributed by atoms with van der Waals surface area (Å²) in [6, 6.07) is 57.6. The maximum Gasteiger partial charge on any atom is 0.268 e. The van der Waals surface area contributed by atoms with Crippen molar-refractivity contribution in [2.24, 2.45) is 5.92 Å². The van der Waals surface area contributed by atoms with Gasteiger partial charge in [-0.1, -0.05) is 189 Å². The Morgan fingerprint density at radius 3 is 1.89 bits per heavy atom. The molecule has 0 spiro atoms. The molecule has 0 aliphatic rings. The molecule has 0 amide bonds. The van der Waals surface area contributed by atoms with Gasteiger partial charge in [0.25, 0.3) is 6.33 Å². The SMILES string of the molecule is [2H]c1c([2H])c([2H])c2c(c1[2H])c1c([2H])c([2H])c([2H])c([2H])c1n2-c1cc(Oc2[c-]c(-n3[c-][n+](-c4c(-c5ccccc5)cccc4-c4ccccc4)c4ccccc43)ccc2)[c-]c2c1c1ccccc1n2-c1cc(C(C)C(C)C)ccn1.[Pt]. The van der Waals surface area contributed by atoms with Crippen LogP contribution in [0.25, 0.3) is 99.8 Å². The van der Waals surface area contributed by atoms with Crippen molar-refractivity contribution in [2.45, 2.75) is 26.7 Å². The van der Waals surface area contributed by atoms with Gasteiger partial charge in [0.2, 0.25) is 0 Å². The predicted octanol–water partition coefficient (Wildman–Crippen LogP) is 15.8. The number of hydrogen-bond acceptors (Lipinski definition) is 2. The Labute approximate surface area is 444 Å². The van der Waals surface area contributed by atoms with Crippen LogP contribution in [0, 0.1) is 24.4 Å². The summed E-state index contributed by atoms with van der Waals surface area (Å²) in [6.07, 6.45) is 5.51. The van der Waals surface area contributed by atoms with Crippen molar-refractivity contribution in [3.8, 4) is 56.6 Å². The third kappa shape index (κ3) is 7.53. The molecule has 4 aromatic heterocycles. The topological polar surface area (TPSA) is 40.8 Å². The molecule has 0 N–H and O–H groups in total. The van der Waals surface area contributed by atoms with Crippen LogP contribution in [0.5, 0.6) is 11.5 Å². The zero-order valence-electron chi connectivity index (χ0n) is 47.3. The van der Waals surface area contributed by atoms with Gasteiger partial charge in [-0.15, -0.1) is 24.3 Å². The fourth-order valence-electron chi connectivity index (χ4n) is 9.96. The van der Waals surface area contributed by atoms with E-state index in [0.29, 0.717) is 39.8 Å². The van der Waals surface area contributed by atoms with Crippen molar-refractivity contribution in [1.82, 2.24) is 18.7 Å². The molecule has 13 aromatic rings. The minimum Gasteiger partial charge on any atom is -0.510 e. The van der Waals surface area contributed by atoms with E-state index in [4.69, 9.17) is 15.2 Å². The first-order chi connectivity index (χ1) is 38.3. The summed E-state index contributed by atoms with van der Waals surface area (Å²) in [4.78, 5) is 4.94. The van der Waals surface area contributed by atoms with Crippen molar-refractivity contribution < 1.29 is 41.3 Å². The fraction of sp³-hybridized carbons (Fsp3) is 0.0769. The minimum absolute atomic E-state index is 0. The zero-order chi connectivity index (χ0) is 54.5. The number of imidazole rings is 1. The summed E-state index contributed by atoms with van der Waals surface area (Å²) in [5, 5.41) is 1.24. The molecule has 72 heavy (non-hydrogen) atoms. The van der Waals surface area contributed by atoms with Gasteiger partial charge >= 0.3 is 0 Å². The Bertz CT molecular complexity index is 4500. The zero-order valence-corrected chi connectivity index (χ0v) is 41.6. The normalized spacial score (nSPS) is 13.6. The number of pyridine rings is 1. The molecule has 0 radical (unpaired) electrons. The number of benzene rings is 9. The maximum absolute atomic E-state index is 9.47. The van der Waals surface area contributed by atoms with Crippen LogP contribution in [0.1, 0.15) is 43.2 Å². The van der Waals surface area contributed by atoms with Gasteiger partial charge in [0.1, 0.15) is 5.82 Å². The Hall–Kier alpha value is -8.31. The van der Waals surface area contributed by atoms with Gasteiger partial charge < -0.3 is 18.4 Å². The molecule has 4 heterocycles. The number of hydrogen-bond donors (Lipinski definition) is 0. The first-order valence-corrected chi connectivity index (χ1v) is 23.7. The van der Waals surface area contributed by atoms with Crippen LogP contribution in [0.3, 0.4) is 0 Å². The molecule has 13 rings (SSSR count). The average molecular weight is 1120 g/mol. The molecular weight excluding hydrogens is 1060 g/mol. The first kappa shape index (κ1) is 36.6. The minimum atomic E-state index is -0.525. The summed E-state index contributed by atoms with van der Waals surface area (Å²) in [6.45, 7) is 6.54. The molecule has 0 aliphatic heterocycles. The number of rotatable bonds is 10. The standard InChI is InChI=1S/C65H47N5O.Pt/c1-43(2)44(3)47-36-37-66-63(38-47)70-58-33-15-12-28-55(58)64-61(69-56-31-13-10-26-53(56)54-27-11-14-32-57(54)69)40-50(41-62(64)70)71-49-25-18-24-48(39-49)67-42-68(60-35-17-16-34-59(60)67)65-51(45-20-6-4-7-21-45)29-19-30-52(65)46-22-8-5-9-23-46;/h4-38,40,43-44H,1-3H3;/q-2;/i10D,11D,13D,14D,26D,27D,31D,32D;. The number of fused-ring (bicyclic) bond motifs is 7. The van der Waals surface area contributed by atoms with E-state index < -0.39 is 48.3 Å². The van der Waals surface area contributed by atoms with Crippen LogP contribution < -0.4 is 9.30 Å². The van der Waals surface area contributed by atoms with Gasteiger partial charge in [-0.05, 0) is 86.7 Å². The fourth-order valence-corrected chi connectivity index (χ4v) is 9.96. The van der Waals surface area contributed by atoms with Crippen LogP contribution in [-0.2, 0) is 21.1 Å². The number of nitrogens with zero attached hydrogens (tertiary/aromatic N) is 5. The van der Waals surface area contributed by atoms with Crippen LogP contribution in [0.2, 0.25) is 0 Å². The Morgan fingerprint density at radius 2 is 1.19 bits per heavy atom. The van der Waals surface area contributed by atoms with Crippen LogP contribution >= 0.6 is 0 Å². The Kier molecular flexibility index (Phi) is 9.38. The number of ether oxygens (including phenoxy) is 1. The number of para-hydroxylation sites is 6. The van der Waals surface area contributed by atoms with Crippen molar-refractivity contribution in [1.29, 1.82) is 0 Å². The third-order valence-corrected chi connectivity index (χ3v) is 13.6. The third-order valence-electron chi connectivity index (χ3n) is 13.6. The van der Waals surface area contributed by atoms with Gasteiger partial charge in [-0.2, -0.15) is 12.1 Å². The maximum atomic E-state index is 9.47. The molecule has 0 aliphatic carbocycles. The van der Waals surface area contributed by atoms with Crippen molar-refractivity contribution in [3.63, 3.8) is 0 Å². The molecule has 9 aromatic carbocycles. The molecule has 0 fully saturated rings.